The van der Waals surface area contributed by atoms with Gasteiger partial charge in [0.05, 0.1) is 5.56 Å². The maximum absolute atomic E-state index is 12.3. The number of aromatic nitrogens is 1. The Morgan fingerprint density at radius 2 is 2.04 bits per heavy atom. The maximum Gasteiger partial charge on any atom is 0.343 e. The van der Waals surface area contributed by atoms with E-state index in [1.54, 1.807) is 12.2 Å². The summed E-state index contributed by atoms with van der Waals surface area (Å²) in [5, 5.41) is 0.872. The minimum Gasteiger partial charge on any atom is -0.422 e. The lowest BCUT2D eigenvalue weighted by molar-refractivity contribution is -0.673. The van der Waals surface area contributed by atoms with Gasteiger partial charge in [-0.1, -0.05) is 30.1 Å². The highest BCUT2D eigenvalue weighted by Gasteiger charge is 2.08. The zero-order valence-corrected chi connectivity index (χ0v) is 14.3. The number of hydrogen-bond donors (Lipinski definition) is 0. The first-order chi connectivity index (χ1) is 12.7. The Balaban J connectivity index is 1.81. The van der Waals surface area contributed by atoms with Crippen LogP contribution in [0.3, 0.4) is 0 Å². The monoisotopic (exact) mass is 338 g/mol. The molecule has 0 fully saturated rings. The number of aryl methyl sites for hydroxylation is 1. The van der Waals surface area contributed by atoms with Crippen molar-refractivity contribution in [1.82, 2.24) is 0 Å². The molecule has 124 valence electrons. The molecular weight excluding hydrogens is 322 g/mol. The topological polar surface area (TPSA) is 34.1 Å². The van der Waals surface area contributed by atoms with Gasteiger partial charge >= 0.3 is 5.63 Å². The van der Waals surface area contributed by atoms with Gasteiger partial charge in [-0.25, -0.2) is 9.36 Å². The van der Waals surface area contributed by atoms with E-state index in [0.29, 0.717) is 11.1 Å². The Bertz CT molecular complexity index is 1210. The number of pyridine rings is 1. The summed E-state index contributed by atoms with van der Waals surface area (Å²) in [6.07, 6.45) is 13.3. The zero-order chi connectivity index (χ0) is 17.9. The largest absolute Gasteiger partial charge is 0.422 e. The van der Waals surface area contributed by atoms with Gasteiger partial charge in [0.2, 0.25) is 5.69 Å². The maximum atomic E-state index is 12.3. The molecule has 1 aliphatic rings. The second-order valence-electron chi connectivity index (χ2n) is 6.02. The van der Waals surface area contributed by atoms with Gasteiger partial charge in [0.25, 0.3) is 0 Å². The van der Waals surface area contributed by atoms with Crippen LogP contribution in [0.2, 0.25) is 0 Å². The molecule has 1 aliphatic carbocycles. The lowest BCUT2D eigenvalue weighted by Gasteiger charge is -2.04. The molecule has 0 saturated heterocycles. The summed E-state index contributed by atoms with van der Waals surface area (Å²) in [6, 6.07) is 11.6. The average molecular weight is 338 g/mol. The standard InChI is InChI=1S/C23H16NO2/c1-24-13-7-6-10-21(24)12-11-19-15-20-14-17-8-4-2-3-5-9-18(17)16-22(20)26-23(19)25/h2-4,6-8,10-16H,1H3/q+1/b3-2-,4-2?,8-4-,12-11+,17-8?. The average Bonchev–Trinajstić information content (AvgIpc) is 2.61. The fourth-order valence-corrected chi connectivity index (χ4v) is 2.83. The molecular formula is C23H16NO2+. The van der Waals surface area contributed by atoms with Crippen LogP contribution in [-0.2, 0) is 7.05 Å². The number of allylic oxidation sites excluding steroid dienone is 3. The Hall–Kier alpha value is -3.64. The second-order valence-corrected chi connectivity index (χ2v) is 6.02. The van der Waals surface area contributed by atoms with Crippen LogP contribution >= 0.6 is 0 Å². The Morgan fingerprint density at radius 3 is 2.92 bits per heavy atom. The number of rotatable bonds is 2. The molecule has 3 nitrogen and oxygen atoms in total. The van der Waals surface area contributed by atoms with E-state index in [0.717, 1.165) is 22.2 Å². The van der Waals surface area contributed by atoms with E-state index < -0.39 is 0 Å². The summed E-state index contributed by atoms with van der Waals surface area (Å²) in [7, 11) is 1.96. The lowest BCUT2D eigenvalue weighted by Crippen LogP contribution is -2.30. The van der Waals surface area contributed by atoms with Gasteiger partial charge in [0.1, 0.15) is 12.6 Å². The van der Waals surface area contributed by atoms with Gasteiger partial charge in [-0.05, 0) is 42.0 Å². The quantitative estimate of drug-likeness (QED) is 0.405. The van der Waals surface area contributed by atoms with Crippen LogP contribution in [0.15, 0.2) is 70.0 Å². The molecule has 0 unspecified atom stereocenters. The first-order valence-corrected chi connectivity index (χ1v) is 8.30. The number of fused-ring (bicyclic) bond motifs is 2. The molecule has 0 atom stereocenters. The third-order valence-corrected chi connectivity index (χ3v) is 4.23. The first-order valence-electron chi connectivity index (χ1n) is 8.30. The van der Waals surface area contributed by atoms with Gasteiger partial charge in [0, 0.05) is 29.2 Å². The Morgan fingerprint density at radius 1 is 1.12 bits per heavy atom. The molecule has 0 bridgehead atoms. The van der Waals surface area contributed by atoms with Gasteiger partial charge in [0.15, 0.2) is 6.20 Å². The highest BCUT2D eigenvalue weighted by Crippen LogP contribution is 2.22. The third-order valence-electron chi connectivity index (χ3n) is 4.23. The predicted octanol–water partition coefficient (Wildman–Crippen LogP) is 3.72. The van der Waals surface area contributed by atoms with Crippen molar-refractivity contribution in [2.45, 2.75) is 0 Å². The zero-order valence-electron chi connectivity index (χ0n) is 14.3. The highest BCUT2D eigenvalue weighted by molar-refractivity contribution is 5.85. The minimum absolute atomic E-state index is 0.360. The number of benzene rings is 1. The Kier molecular flexibility index (Phi) is 4.09. The van der Waals surface area contributed by atoms with E-state index in [1.807, 2.05) is 78.5 Å². The molecule has 3 heteroatoms. The third kappa shape index (κ3) is 3.13. The molecule has 2 aromatic heterocycles. The van der Waals surface area contributed by atoms with E-state index in [4.69, 9.17) is 4.42 Å². The molecule has 0 amide bonds. The van der Waals surface area contributed by atoms with E-state index in [-0.39, 0.29) is 5.63 Å². The van der Waals surface area contributed by atoms with Crippen LogP contribution in [0.5, 0.6) is 0 Å². The van der Waals surface area contributed by atoms with Crippen LogP contribution in [-0.4, -0.2) is 0 Å². The lowest BCUT2D eigenvalue weighted by atomic mass is 10.0. The predicted molar refractivity (Wildman–Crippen MR) is 104 cm³/mol. The fourth-order valence-electron chi connectivity index (χ4n) is 2.83. The van der Waals surface area contributed by atoms with Crippen molar-refractivity contribution in [2.24, 2.45) is 7.05 Å². The number of hydrogen-bond acceptors (Lipinski definition) is 2. The summed E-state index contributed by atoms with van der Waals surface area (Å²) in [5.41, 5.74) is 3.55. The normalized spacial score (nSPS) is 15.0. The summed E-state index contributed by atoms with van der Waals surface area (Å²) in [6.45, 7) is 0. The molecule has 0 aliphatic heterocycles. The summed E-state index contributed by atoms with van der Waals surface area (Å²) >= 11 is 0. The minimum atomic E-state index is -0.360. The van der Waals surface area contributed by atoms with Crippen LogP contribution in [0.25, 0.3) is 29.2 Å². The van der Waals surface area contributed by atoms with Gasteiger partial charge in [-0.3, -0.25) is 0 Å². The molecule has 26 heavy (non-hydrogen) atoms. The van der Waals surface area contributed by atoms with Crippen molar-refractivity contribution in [1.29, 1.82) is 0 Å². The van der Waals surface area contributed by atoms with Crippen LogP contribution in [0.1, 0.15) is 22.4 Å². The highest BCUT2D eigenvalue weighted by atomic mass is 16.4. The van der Waals surface area contributed by atoms with E-state index in [2.05, 4.69) is 11.8 Å². The molecule has 4 rings (SSSR count). The Labute approximate surface area is 151 Å². The van der Waals surface area contributed by atoms with E-state index in [1.165, 1.54) is 0 Å². The first kappa shape index (κ1) is 15.9. The van der Waals surface area contributed by atoms with E-state index >= 15 is 0 Å². The molecule has 0 radical (unpaired) electrons. The van der Waals surface area contributed by atoms with Crippen molar-refractivity contribution in [3.05, 3.63) is 93.6 Å². The van der Waals surface area contributed by atoms with Crippen LogP contribution in [0.4, 0.5) is 0 Å². The van der Waals surface area contributed by atoms with Crippen molar-refractivity contribution in [2.75, 3.05) is 0 Å². The van der Waals surface area contributed by atoms with Gasteiger partial charge in [-0.15, -0.1) is 0 Å². The van der Waals surface area contributed by atoms with Crippen molar-refractivity contribution < 1.29 is 8.98 Å². The molecule has 2 heterocycles. The molecule has 1 aromatic carbocycles. The summed E-state index contributed by atoms with van der Waals surface area (Å²) < 4.78 is 7.51. The SMILES string of the molecule is C[n+]1ccccc1/C=C/c1cc2cc3c(cc2oc1=O)C#C/C=C\C=C/3. The van der Waals surface area contributed by atoms with Crippen molar-refractivity contribution >= 4 is 29.2 Å². The van der Waals surface area contributed by atoms with Crippen molar-refractivity contribution in [3.8, 4) is 11.8 Å². The smallest absolute Gasteiger partial charge is 0.343 e. The molecule has 0 spiro atoms. The fraction of sp³-hybridized carbons (Fsp3) is 0.0435. The van der Waals surface area contributed by atoms with Crippen LogP contribution in [0, 0.1) is 11.8 Å². The number of nitrogens with zero attached hydrogens (tertiary/aromatic N) is 1. The molecule has 0 saturated carbocycles. The summed E-state index contributed by atoms with van der Waals surface area (Å²) in [4.78, 5) is 12.3. The van der Waals surface area contributed by atoms with E-state index in [9.17, 15) is 4.79 Å². The van der Waals surface area contributed by atoms with Gasteiger partial charge < -0.3 is 4.42 Å². The van der Waals surface area contributed by atoms with Crippen molar-refractivity contribution in [3.63, 3.8) is 0 Å². The van der Waals surface area contributed by atoms with Gasteiger partial charge in [-0.2, -0.15) is 0 Å². The summed E-state index contributed by atoms with van der Waals surface area (Å²) in [5.74, 6) is 6.04. The second kappa shape index (κ2) is 6.70. The van der Waals surface area contributed by atoms with Crippen LogP contribution < -0.4 is 10.2 Å². The molecule has 0 N–H and O–H groups in total. The molecule has 3 aromatic rings.